The Morgan fingerprint density at radius 1 is 1.42 bits per heavy atom. The van der Waals surface area contributed by atoms with Gasteiger partial charge in [-0.2, -0.15) is 0 Å². The molecule has 0 saturated carbocycles. The second kappa shape index (κ2) is 3.21. The fraction of sp³-hybridized carbons (Fsp3) is 0.143. The molecule has 0 amide bonds. The predicted molar refractivity (Wildman–Crippen MR) is 56.7 cm³/mol. The zero-order valence-electron chi connectivity index (χ0n) is 6.41. The first kappa shape index (κ1) is 9.79. The van der Waals surface area contributed by atoms with Crippen LogP contribution in [0.3, 0.4) is 0 Å². The van der Waals surface area contributed by atoms with E-state index in [9.17, 15) is 8.42 Å². The minimum Gasteiger partial charge on any atom is -0.398 e. The number of anilines is 1. The highest BCUT2D eigenvalue weighted by Crippen LogP contribution is 2.20. The number of halogens is 1. The Morgan fingerprint density at radius 3 is 2.42 bits per heavy atom. The van der Waals surface area contributed by atoms with Gasteiger partial charge < -0.3 is 5.73 Å². The van der Waals surface area contributed by atoms with Crippen LogP contribution in [0.4, 0.5) is 5.69 Å². The molecule has 0 unspecified atom stereocenters. The molecule has 1 aromatic carbocycles. The summed E-state index contributed by atoms with van der Waals surface area (Å²) < 4.78 is 23.1. The molecule has 0 bridgehead atoms. The maximum atomic E-state index is 11.1. The standard InChI is InChI=1S/C7H8INO2S/c1-12(10,11)7-3-2-5(8)4-6(7)9/h2-4H,9H2,1H3. The third-order valence-corrected chi connectivity index (χ3v) is 3.21. The summed E-state index contributed by atoms with van der Waals surface area (Å²) in [5.74, 6) is 0. The fourth-order valence-electron chi connectivity index (χ4n) is 0.857. The first-order valence-corrected chi connectivity index (χ1v) is 6.13. The van der Waals surface area contributed by atoms with E-state index in [1.165, 1.54) is 6.07 Å². The molecule has 0 aliphatic heterocycles. The second-order valence-corrected chi connectivity index (χ2v) is 5.68. The predicted octanol–water partition coefficient (Wildman–Crippen LogP) is 1.28. The van der Waals surface area contributed by atoms with Crippen LogP contribution >= 0.6 is 22.6 Å². The number of rotatable bonds is 1. The first-order valence-electron chi connectivity index (χ1n) is 3.16. The smallest absolute Gasteiger partial charge is 0.177 e. The average molecular weight is 297 g/mol. The normalized spacial score (nSPS) is 11.5. The molecule has 0 spiro atoms. The summed E-state index contributed by atoms with van der Waals surface area (Å²) in [5.41, 5.74) is 5.83. The van der Waals surface area contributed by atoms with Gasteiger partial charge in [0.2, 0.25) is 0 Å². The Morgan fingerprint density at radius 2 is 2.00 bits per heavy atom. The van der Waals surface area contributed by atoms with Crippen LogP contribution in [-0.2, 0) is 9.84 Å². The largest absolute Gasteiger partial charge is 0.398 e. The van der Waals surface area contributed by atoms with Crippen LogP contribution in [0.1, 0.15) is 0 Å². The lowest BCUT2D eigenvalue weighted by Gasteiger charge is -2.02. The molecule has 3 nitrogen and oxygen atoms in total. The summed E-state index contributed by atoms with van der Waals surface area (Å²) >= 11 is 2.08. The topological polar surface area (TPSA) is 60.2 Å². The van der Waals surface area contributed by atoms with Gasteiger partial charge in [-0.1, -0.05) is 0 Å². The summed E-state index contributed by atoms with van der Waals surface area (Å²) in [4.78, 5) is 0.197. The van der Waals surface area contributed by atoms with Gasteiger partial charge in [0.05, 0.1) is 10.6 Å². The molecule has 1 aromatic rings. The summed E-state index contributed by atoms with van der Waals surface area (Å²) in [5, 5.41) is 0. The van der Waals surface area contributed by atoms with Crippen LogP contribution in [0, 0.1) is 3.57 Å². The van der Waals surface area contributed by atoms with Gasteiger partial charge in [-0.3, -0.25) is 0 Å². The fourth-order valence-corrected chi connectivity index (χ4v) is 2.17. The van der Waals surface area contributed by atoms with E-state index in [1.807, 2.05) is 0 Å². The summed E-state index contributed by atoms with van der Waals surface area (Å²) in [6, 6.07) is 4.87. The van der Waals surface area contributed by atoms with Crippen LogP contribution in [0.5, 0.6) is 0 Å². The van der Waals surface area contributed by atoms with E-state index in [0.717, 1.165) is 9.83 Å². The first-order chi connectivity index (χ1) is 5.41. The van der Waals surface area contributed by atoms with Gasteiger partial charge >= 0.3 is 0 Å². The number of benzene rings is 1. The van der Waals surface area contributed by atoms with E-state index < -0.39 is 9.84 Å². The van der Waals surface area contributed by atoms with Crippen molar-refractivity contribution in [3.63, 3.8) is 0 Å². The average Bonchev–Trinajstić information content (AvgIpc) is 1.83. The van der Waals surface area contributed by atoms with Crippen LogP contribution in [0.15, 0.2) is 23.1 Å². The van der Waals surface area contributed by atoms with Crippen molar-refractivity contribution in [2.45, 2.75) is 4.90 Å². The maximum Gasteiger partial charge on any atom is 0.177 e. The van der Waals surface area contributed by atoms with Crippen molar-refractivity contribution in [2.24, 2.45) is 0 Å². The van der Waals surface area contributed by atoms with Crippen molar-refractivity contribution in [3.05, 3.63) is 21.8 Å². The minimum absolute atomic E-state index is 0.197. The lowest BCUT2D eigenvalue weighted by atomic mass is 10.3. The van der Waals surface area contributed by atoms with E-state index in [-0.39, 0.29) is 4.90 Å². The molecule has 0 heterocycles. The van der Waals surface area contributed by atoms with Crippen molar-refractivity contribution in [2.75, 3.05) is 12.0 Å². The molecule has 0 aromatic heterocycles. The Balaban J connectivity index is 3.39. The number of sulfone groups is 1. The Kier molecular flexibility index (Phi) is 2.62. The molecular formula is C7H8INO2S. The molecule has 66 valence electrons. The Labute approximate surface area is 85.0 Å². The Bertz CT molecular complexity index is 400. The van der Waals surface area contributed by atoms with E-state index in [1.54, 1.807) is 12.1 Å². The molecule has 12 heavy (non-hydrogen) atoms. The quantitative estimate of drug-likeness (QED) is 0.627. The van der Waals surface area contributed by atoms with Crippen molar-refractivity contribution in [3.8, 4) is 0 Å². The SMILES string of the molecule is CS(=O)(=O)c1ccc(I)cc1N. The second-order valence-electron chi connectivity index (χ2n) is 2.45. The van der Waals surface area contributed by atoms with Crippen molar-refractivity contribution in [1.29, 1.82) is 0 Å². The van der Waals surface area contributed by atoms with Gasteiger partial charge in [0.25, 0.3) is 0 Å². The summed E-state index contributed by atoms with van der Waals surface area (Å²) in [6.45, 7) is 0. The number of hydrogen-bond donors (Lipinski definition) is 1. The molecule has 0 saturated heterocycles. The molecule has 1 rings (SSSR count). The van der Waals surface area contributed by atoms with Gasteiger partial charge in [-0.15, -0.1) is 0 Å². The van der Waals surface area contributed by atoms with Crippen molar-refractivity contribution < 1.29 is 8.42 Å². The minimum atomic E-state index is -3.18. The zero-order chi connectivity index (χ0) is 9.35. The highest BCUT2D eigenvalue weighted by molar-refractivity contribution is 14.1. The van der Waals surface area contributed by atoms with Crippen molar-refractivity contribution in [1.82, 2.24) is 0 Å². The molecule has 0 aliphatic carbocycles. The molecule has 2 N–H and O–H groups in total. The van der Waals surface area contributed by atoms with Crippen LogP contribution in [0.2, 0.25) is 0 Å². The monoisotopic (exact) mass is 297 g/mol. The molecule has 5 heteroatoms. The molecule has 0 atom stereocenters. The molecule has 0 fully saturated rings. The van der Waals surface area contributed by atoms with Gasteiger partial charge in [0.15, 0.2) is 9.84 Å². The Hall–Kier alpha value is -0.300. The lowest BCUT2D eigenvalue weighted by Crippen LogP contribution is -2.02. The zero-order valence-corrected chi connectivity index (χ0v) is 9.39. The van der Waals surface area contributed by atoms with E-state index in [4.69, 9.17) is 5.73 Å². The lowest BCUT2D eigenvalue weighted by molar-refractivity contribution is 0.602. The molecule has 0 radical (unpaired) electrons. The highest BCUT2D eigenvalue weighted by atomic mass is 127. The van der Waals surface area contributed by atoms with Gasteiger partial charge in [-0.05, 0) is 40.8 Å². The van der Waals surface area contributed by atoms with Crippen molar-refractivity contribution >= 4 is 38.1 Å². The molecule has 0 aliphatic rings. The highest BCUT2D eigenvalue weighted by Gasteiger charge is 2.10. The summed E-state index contributed by atoms with van der Waals surface area (Å²) in [6.07, 6.45) is 1.14. The third kappa shape index (κ3) is 2.10. The van der Waals surface area contributed by atoms with Crippen LogP contribution in [0.25, 0.3) is 0 Å². The van der Waals surface area contributed by atoms with Gasteiger partial charge in [0.1, 0.15) is 0 Å². The van der Waals surface area contributed by atoms with E-state index in [2.05, 4.69) is 22.6 Å². The maximum absolute atomic E-state index is 11.1. The third-order valence-electron chi connectivity index (χ3n) is 1.37. The number of hydrogen-bond acceptors (Lipinski definition) is 3. The van der Waals surface area contributed by atoms with Gasteiger partial charge in [0, 0.05) is 9.83 Å². The van der Waals surface area contributed by atoms with Gasteiger partial charge in [-0.25, -0.2) is 8.42 Å². The van der Waals surface area contributed by atoms with Crippen LogP contribution in [-0.4, -0.2) is 14.7 Å². The number of nitrogens with two attached hydrogens (primary N) is 1. The van der Waals surface area contributed by atoms with E-state index in [0.29, 0.717) is 5.69 Å². The van der Waals surface area contributed by atoms with E-state index >= 15 is 0 Å². The number of nitrogen functional groups attached to an aromatic ring is 1. The summed E-state index contributed by atoms with van der Waals surface area (Å²) in [7, 11) is -3.18. The molecular weight excluding hydrogens is 289 g/mol. The van der Waals surface area contributed by atoms with Crippen LogP contribution < -0.4 is 5.73 Å².